The number of rotatable bonds is 5. The van der Waals surface area contributed by atoms with Gasteiger partial charge in [-0.05, 0) is 37.5 Å². The summed E-state index contributed by atoms with van der Waals surface area (Å²) in [5.74, 6) is 0.876. The molecule has 24 heavy (non-hydrogen) atoms. The maximum absolute atomic E-state index is 4.67. The molecule has 0 saturated heterocycles. The summed E-state index contributed by atoms with van der Waals surface area (Å²) >= 11 is 0. The van der Waals surface area contributed by atoms with E-state index in [1.165, 1.54) is 6.33 Å². The van der Waals surface area contributed by atoms with E-state index in [9.17, 15) is 0 Å². The zero-order chi connectivity index (χ0) is 15.9. The molecule has 0 spiro atoms. The maximum Gasteiger partial charge on any atom is 0.191 e. The number of nitrogens with zero attached hydrogens (tertiary/aromatic N) is 4. The van der Waals surface area contributed by atoms with Gasteiger partial charge < -0.3 is 10.6 Å². The molecular weight excluding hydrogens is 415 g/mol. The average molecular weight is 438 g/mol. The van der Waals surface area contributed by atoms with Crippen molar-refractivity contribution in [2.45, 2.75) is 32.4 Å². The van der Waals surface area contributed by atoms with Crippen LogP contribution in [0.15, 0.2) is 54.1 Å². The van der Waals surface area contributed by atoms with E-state index in [-0.39, 0.29) is 24.0 Å². The van der Waals surface area contributed by atoms with Crippen LogP contribution in [0.2, 0.25) is 0 Å². The van der Waals surface area contributed by atoms with E-state index < -0.39 is 0 Å². The van der Waals surface area contributed by atoms with E-state index in [1.54, 1.807) is 11.0 Å². The summed E-state index contributed by atoms with van der Waals surface area (Å²) in [5.41, 5.74) is 2.16. The van der Waals surface area contributed by atoms with Crippen LogP contribution in [0, 0.1) is 0 Å². The molecule has 2 aromatic rings. The Kier molecular flexibility index (Phi) is 7.23. The van der Waals surface area contributed by atoms with Gasteiger partial charge in [-0.15, -0.1) is 24.0 Å². The molecule has 1 aromatic carbocycles. The number of benzene rings is 1. The third-order valence-corrected chi connectivity index (χ3v) is 3.73. The first-order valence-electron chi connectivity index (χ1n) is 7.99. The summed E-state index contributed by atoms with van der Waals surface area (Å²) in [6.45, 7) is 3.58. The zero-order valence-corrected chi connectivity index (χ0v) is 16.1. The Morgan fingerprint density at radius 1 is 1.25 bits per heavy atom. The molecule has 0 bridgehead atoms. The molecule has 0 saturated carbocycles. The van der Waals surface area contributed by atoms with Gasteiger partial charge in [0.1, 0.15) is 12.7 Å². The summed E-state index contributed by atoms with van der Waals surface area (Å²) < 4.78 is 1.74. The van der Waals surface area contributed by atoms with Gasteiger partial charge in [0.15, 0.2) is 5.96 Å². The Morgan fingerprint density at radius 2 is 2.00 bits per heavy atom. The van der Waals surface area contributed by atoms with Crippen molar-refractivity contribution in [3.63, 3.8) is 0 Å². The average Bonchev–Trinajstić information content (AvgIpc) is 3.27. The summed E-state index contributed by atoms with van der Waals surface area (Å²) in [6.07, 6.45) is 9.78. The normalized spacial score (nSPS) is 14.5. The Labute approximate surface area is 159 Å². The lowest BCUT2D eigenvalue weighted by Gasteiger charge is -2.16. The highest BCUT2D eigenvalue weighted by atomic mass is 127. The lowest BCUT2D eigenvalue weighted by molar-refractivity contribution is 0.633. The van der Waals surface area contributed by atoms with E-state index in [0.717, 1.165) is 36.6 Å². The van der Waals surface area contributed by atoms with E-state index >= 15 is 0 Å². The first-order chi connectivity index (χ1) is 11.3. The fourth-order valence-corrected chi connectivity index (χ4v) is 2.51. The highest BCUT2D eigenvalue weighted by Gasteiger charge is 2.11. The highest BCUT2D eigenvalue weighted by Crippen LogP contribution is 2.10. The molecule has 0 atom stereocenters. The van der Waals surface area contributed by atoms with Gasteiger partial charge in [0.05, 0.1) is 12.2 Å². The molecule has 0 unspecified atom stereocenters. The van der Waals surface area contributed by atoms with Gasteiger partial charge >= 0.3 is 0 Å². The van der Waals surface area contributed by atoms with Crippen molar-refractivity contribution in [3.8, 4) is 5.69 Å². The Morgan fingerprint density at radius 3 is 2.62 bits per heavy atom. The molecule has 2 N–H and O–H groups in total. The van der Waals surface area contributed by atoms with Crippen LogP contribution in [0.1, 0.15) is 25.3 Å². The first kappa shape index (κ1) is 18.4. The minimum Gasteiger partial charge on any atom is -0.357 e. The van der Waals surface area contributed by atoms with Crippen molar-refractivity contribution in [2.75, 3.05) is 6.54 Å². The van der Waals surface area contributed by atoms with Crippen LogP contribution in [-0.2, 0) is 6.54 Å². The quantitative estimate of drug-likeness (QED) is 0.326. The van der Waals surface area contributed by atoms with E-state index in [1.807, 2.05) is 12.1 Å². The van der Waals surface area contributed by atoms with Gasteiger partial charge in [0, 0.05) is 12.6 Å². The molecule has 0 radical (unpaired) electrons. The third kappa shape index (κ3) is 5.05. The van der Waals surface area contributed by atoms with Crippen LogP contribution in [0.5, 0.6) is 0 Å². The topological polar surface area (TPSA) is 67.1 Å². The molecule has 1 aromatic heterocycles. The monoisotopic (exact) mass is 438 g/mol. The van der Waals surface area contributed by atoms with Crippen molar-refractivity contribution < 1.29 is 0 Å². The predicted octanol–water partition coefficient (Wildman–Crippen LogP) is 2.66. The van der Waals surface area contributed by atoms with Crippen molar-refractivity contribution in [1.82, 2.24) is 25.4 Å². The molecular formula is C17H23IN6. The summed E-state index contributed by atoms with van der Waals surface area (Å²) in [6, 6.07) is 8.66. The van der Waals surface area contributed by atoms with Crippen molar-refractivity contribution >= 4 is 29.9 Å². The number of nitrogens with one attached hydrogen (secondary N) is 2. The Hall–Kier alpha value is -1.90. The van der Waals surface area contributed by atoms with Crippen molar-refractivity contribution in [3.05, 3.63) is 54.6 Å². The van der Waals surface area contributed by atoms with Crippen LogP contribution < -0.4 is 10.6 Å². The number of guanidine groups is 1. The third-order valence-electron chi connectivity index (χ3n) is 3.73. The molecule has 0 amide bonds. The molecule has 6 nitrogen and oxygen atoms in total. The summed E-state index contributed by atoms with van der Waals surface area (Å²) in [5, 5.41) is 10.9. The smallest absolute Gasteiger partial charge is 0.191 e. The highest BCUT2D eigenvalue weighted by molar-refractivity contribution is 14.0. The van der Waals surface area contributed by atoms with Crippen LogP contribution in [-0.4, -0.2) is 33.3 Å². The second-order valence-corrected chi connectivity index (χ2v) is 5.49. The van der Waals surface area contributed by atoms with Gasteiger partial charge in [0.25, 0.3) is 0 Å². The van der Waals surface area contributed by atoms with Crippen LogP contribution >= 0.6 is 24.0 Å². The van der Waals surface area contributed by atoms with Gasteiger partial charge in [-0.1, -0.05) is 24.3 Å². The minimum atomic E-state index is 0. The SMILES string of the molecule is CCNC(=NCc1ccc(-n2cncn2)cc1)NC1CC=CC1.I. The van der Waals surface area contributed by atoms with Gasteiger partial charge in [-0.2, -0.15) is 5.10 Å². The van der Waals surface area contributed by atoms with E-state index in [2.05, 4.69) is 56.9 Å². The van der Waals surface area contributed by atoms with Crippen LogP contribution in [0.25, 0.3) is 5.69 Å². The molecule has 0 aliphatic heterocycles. The number of halogens is 1. The number of hydrogen-bond acceptors (Lipinski definition) is 3. The second-order valence-electron chi connectivity index (χ2n) is 5.49. The van der Waals surface area contributed by atoms with Gasteiger partial charge in [-0.25, -0.2) is 14.7 Å². The fourth-order valence-electron chi connectivity index (χ4n) is 2.51. The van der Waals surface area contributed by atoms with Gasteiger partial charge in [0.2, 0.25) is 0 Å². The number of aliphatic imine (C=N–C) groups is 1. The molecule has 1 aliphatic carbocycles. The Bertz CT molecular complexity index is 655. The van der Waals surface area contributed by atoms with E-state index in [0.29, 0.717) is 12.6 Å². The van der Waals surface area contributed by atoms with Crippen LogP contribution in [0.3, 0.4) is 0 Å². The number of aromatic nitrogens is 3. The molecule has 1 aliphatic rings. The fraction of sp³-hybridized carbons (Fsp3) is 0.353. The van der Waals surface area contributed by atoms with Crippen LogP contribution in [0.4, 0.5) is 0 Å². The number of hydrogen-bond donors (Lipinski definition) is 2. The minimum absolute atomic E-state index is 0. The lowest BCUT2D eigenvalue weighted by atomic mass is 10.2. The molecule has 128 valence electrons. The predicted molar refractivity (Wildman–Crippen MR) is 107 cm³/mol. The molecule has 3 rings (SSSR count). The van der Waals surface area contributed by atoms with E-state index in [4.69, 9.17) is 0 Å². The molecule has 0 fully saturated rings. The largest absolute Gasteiger partial charge is 0.357 e. The zero-order valence-electron chi connectivity index (χ0n) is 13.7. The Balaban J connectivity index is 0.00000208. The standard InChI is InChI=1S/C17H22N6.HI/c1-2-19-17(22-15-5-3-4-6-15)20-11-14-7-9-16(10-8-14)23-13-18-12-21-23;/h3-4,7-10,12-13,15H,2,5-6,11H2,1H3,(H2,19,20,22);1H. The second kappa shape index (κ2) is 9.41. The van der Waals surface area contributed by atoms with Crippen molar-refractivity contribution in [2.24, 2.45) is 4.99 Å². The summed E-state index contributed by atoms with van der Waals surface area (Å²) in [4.78, 5) is 8.63. The molecule has 7 heteroatoms. The summed E-state index contributed by atoms with van der Waals surface area (Å²) in [7, 11) is 0. The maximum atomic E-state index is 4.67. The molecule has 1 heterocycles. The van der Waals surface area contributed by atoms with Crippen molar-refractivity contribution in [1.29, 1.82) is 0 Å². The van der Waals surface area contributed by atoms with Gasteiger partial charge in [-0.3, -0.25) is 0 Å². The lowest BCUT2D eigenvalue weighted by Crippen LogP contribution is -2.42. The first-order valence-corrected chi connectivity index (χ1v) is 7.99.